The Balaban J connectivity index is 1.86. The summed E-state index contributed by atoms with van der Waals surface area (Å²) in [6, 6.07) is 13.8. The fourth-order valence-corrected chi connectivity index (χ4v) is 2.23. The van der Waals surface area contributed by atoms with E-state index in [1.807, 2.05) is 36.2 Å². The van der Waals surface area contributed by atoms with Gasteiger partial charge in [0.2, 0.25) is 5.91 Å². The lowest BCUT2D eigenvalue weighted by Crippen LogP contribution is -2.29. The van der Waals surface area contributed by atoms with E-state index in [1.54, 1.807) is 12.1 Å². The van der Waals surface area contributed by atoms with Crippen molar-refractivity contribution in [2.24, 2.45) is 0 Å². The number of nitrogens with zero attached hydrogens (tertiary/aromatic N) is 1. The predicted molar refractivity (Wildman–Crippen MR) is 85.5 cm³/mol. The fraction of sp³-hybridized carbons (Fsp3) is 0.188. The van der Waals surface area contributed by atoms with Crippen LogP contribution in [0.3, 0.4) is 0 Å². The summed E-state index contributed by atoms with van der Waals surface area (Å²) in [5.74, 6) is -0.531. The zero-order chi connectivity index (χ0) is 15.2. The molecule has 0 spiro atoms. The molecule has 0 fully saturated rings. The Bertz CT molecular complexity index is 616. The van der Waals surface area contributed by atoms with Crippen LogP contribution in [0.25, 0.3) is 0 Å². The van der Waals surface area contributed by atoms with Gasteiger partial charge < -0.3 is 5.32 Å². The average Bonchev–Trinajstić information content (AvgIpc) is 2.41. The molecule has 0 atom stereocenters. The van der Waals surface area contributed by atoms with Crippen LogP contribution in [-0.4, -0.2) is 24.4 Å². The number of hydrogen-bond acceptors (Lipinski definition) is 2. The first-order chi connectivity index (χ1) is 10.0. The molecule has 0 saturated heterocycles. The van der Waals surface area contributed by atoms with Crippen molar-refractivity contribution < 1.29 is 9.18 Å². The molecule has 110 valence electrons. The smallest absolute Gasteiger partial charge is 0.238 e. The Hall–Kier alpha value is -1.72. The SMILES string of the molecule is CN(CC(=O)Nc1cccc(F)c1)Cc1ccc(Br)cc1. The number of carbonyl (C=O) groups is 1. The normalized spacial score (nSPS) is 10.7. The average molecular weight is 351 g/mol. The lowest BCUT2D eigenvalue weighted by molar-refractivity contribution is -0.117. The molecule has 0 aliphatic heterocycles. The van der Waals surface area contributed by atoms with E-state index < -0.39 is 0 Å². The maximum atomic E-state index is 13.0. The van der Waals surface area contributed by atoms with E-state index in [0.29, 0.717) is 12.2 Å². The maximum absolute atomic E-state index is 13.0. The highest BCUT2D eigenvalue weighted by Crippen LogP contribution is 2.12. The first-order valence-corrected chi connectivity index (χ1v) is 7.30. The molecule has 0 aromatic heterocycles. The van der Waals surface area contributed by atoms with Gasteiger partial charge in [0, 0.05) is 16.7 Å². The third-order valence-corrected chi connectivity index (χ3v) is 3.42. The monoisotopic (exact) mass is 350 g/mol. The minimum atomic E-state index is -0.365. The van der Waals surface area contributed by atoms with Gasteiger partial charge in [0.1, 0.15) is 5.82 Å². The van der Waals surface area contributed by atoms with Gasteiger partial charge in [-0.25, -0.2) is 4.39 Å². The maximum Gasteiger partial charge on any atom is 0.238 e. The Kier molecular flexibility index (Phi) is 5.47. The van der Waals surface area contributed by atoms with Crippen molar-refractivity contribution in [3.8, 4) is 0 Å². The van der Waals surface area contributed by atoms with Gasteiger partial charge in [0.15, 0.2) is 0 Å². The van der Waals surface area contributed by atoms with Gasteiger partial charge >= 0.3 is 0 Å². The second kappa shape index (κ2) is 7.33. The van der Waals surface area contributed by atoms with Crippen molar-refractivity contribution in [3.63, 3.8) is 0 Å². The van der Waals surface area contributed by atoms with E-state index in [-0.39, 0.29) is 18.3 Å². The summed E-state index contributed by atoms with van der Waals surface area (Å²) in [5, 5.41) is 2.68. The molecule has 2 aromatic rings. The van der Waals surface area contributed by atoms with Crippen molar-refractivity contribution in [2.45, 2.75) is 6.54 Å². The number of carbonyl (C=O) groups excluding carboxylic acids is 1. The van der Waals surface area contributed by atoms with Crippen LogP contribution in [0, 0.1) is 5.82 Å². The van der Waals surface area contributed by atoms with Crippen molar-refractivity contribution in [1.29, 1.82) is 0 Å². The largest absolute Gasteiger partial charge is 0.325 e. The second-order valence-corrected chi connectivity index (χ2v) is 5.77. The van der Waals surface area contributed by atoms with E-state index >= 15 is 0 Å². The number of likely N-dealkylation sites (N-methyl/N-ethyl adjacent to an activating group) is 1. The summed E-state index contributed by atoms with van der Waals surface area (Å²) in [7, 11) is 1.87. The minimum absolute atomic E-state index is 0.166. The van der Waals surface area contributed by atoms with Crippen LogP contribution < -0.4 is 5.32 Å². The van der Waals surface area contributed by atoms with Crippen LogP contribution in [0.4, 0.5) is 10.1 Å². The van der Waals surface area contributed by atoms with Crippen LogP contribution in [0.2, 0.25) is 0 Å². The summed E-state index contributed by atoms with van der Waals surface area (Å²) >= 11 is 3.39. The highest BCUT2D eigenvalue weighted by molar-refractivity contribution is 9.10. The minimum Gasteiger partial charge on any atom is -0.325 e. The molecule has 2 aromatic carbocycles. The van der Waals surface area contributed by atoms with Crippen molar-refractivity contribution in [1.82, 2.24) is 4.90 Å². The molecule has 0 unspecified atom stereocenters. The van der Waals surface area contributed by atoms with E-state index in [1.165, 1.54) is 12.1 Å². The van der Waals surface area contributed by atoms with Gasteiger partial charge in [0.25, 0.3) is 0 Å². The van der Waals surface area contributed by atoms with Gasteiger partial charge in [-0.15, -0.1) is 0 Å². The summed E-state index contributed by atoms with van der Waals surface area (Å²) < 4.78 is 14.1. The summed E-state index contributed by atoms with van der Waals surface area (Å²) in [5.41, 5.74) is 1.59. The van der Waals surface area contributed by atoms with Crippen LogP contribution >= 0.6 is 15.9 Å². The highest BCUT2D eigenvalue weighted by Gasteiger charge is 2.08. The summed E-state index contributed by atoms with van der Waals surface area (Å²) in [6.07, 6.45) is 0. The fourth-order valence-electron chi connectivity index (χ4n) is 1.97. The topological polar surface area (TPSA) is 32.3 Å². The molecular formula is C16H16BrFN2O. The van der Waals surface area contributed by atoms with Gasteiger partial charge in [-0.3, -0.25) is 9.69 Å². The standard InChI is InChI=1S/C16H16BrFN2O/c1-20(10-12-5-7-13(17)8-6-12)11-16(21)19-15-4-2-3-14(18)9-15/h2-9H,10-11H2,1H3,(H,19,21). The molecule has 0 aliphatic rings. The molecule has 0 saturated carbocycles. The molecule has 1 N–H and O–H groups in total. The molecule has 3 nitrogen and oxygen atoms in total. The number of benzene rings is 2. The lowest BCUT2D eigenvalue weighted by Gasteiger charge is -2.16. The number of amides is 1. The van der Waals surface area contributed by atoms with E-state index in [9.17, 15) is 9.18 Å². The Morgan fingerprint density at radius 1 is 1.24 bits per heavy atom. The molecule has 0 radical (unpaired) electrons. The molecule has 0 bridgehead atoms. The first-order valence-electron chi connectivity index (χ1n) is 6.51. The zero-order valence-electron chi connectivity index (χ0n) is 11.6. The van der Waals surface area contributed by atoms with Crippen LogP contribution in [-0.2, 0) is 11.3 Å². The number of rotatable bonds is 5. The van der Waals surface area contributed by atoms with Crippen molar-refractivity contribution >= 4 is 27.5 Å². The third-order valence-electron chi connectivity index (χ3n) is 2.89. The Morgan fingerprint density at radius 3 is 2.62 bits per heavy atom. The van der Waals surface area contributed by atoms with Crippen molar-refractivity contribution in [3.05, 3.63) is 64.4 Å². The van der Waals surface area contributed by atoms with Gasteiger partial charge in [-0.1, -0.05) is 34.1 Å². The molecule has 0 aliphatic carbocycles. The number of nitrogens with one attached hydrogen (secondary N) is 1. The van der Waals surface area contributed by atoms with Crippen LogP contribution in [0.5, 0.6) is 0 Å². The third kappa shape index (κ3) is 5.28. The van der Waals surface area contributed by atoms with Gasteiger partial charge in [-0.2, -0.15) is 0 Å². The quantitative estimate of drug-likeness (QED) is 0.892. The molecule has 21 heavy (non-hydrogen) atoms. The lowest BCUT2D eigenvalue weighted by atomic mass is 10.2. The van der Waals surface area contributed by atoms with Gasteiger partial charge in [-0.05, 0) is 42.9 Å². The highest BCUT2D eigenvalue weighted by atomic mass is 79.9. The number of anilines is 1. The summed E-state index contributed by atoms with van der Waals surface area (Å²) in [6.45, 7) is 0.913. The van der Waals surface area contributed by atoms with E-state index in [0.717, 1.165) is 10.0 Å². The van der Waals surface area contributed by atoms with E-state index in [2.05, 4.69) is 21.2 Å². The molecule has 0 heterocycles. The molecule has 2 rings (SSSR count). The molecular weight excluding hydrogens is 335 g/mol. The van der Waals surface area contributed by atoms with Crippen molar-refractivity contribution in [2.75, 3.05) is 18.9 Å². The Morgan fingerprint density at radius 2 is 1.95 bits per heavy atom. The molecule has 5 heteroatoms. The number of halogens is 2. The second-order valence-electron chi connectivity index (χ2n) is 4.86. The molecule has 1 amide bonds. The van der Waals surface area contributed by atoms with Gasteiger partial charge in [0.05, 0.1) is 6.54 Å². The zero-order valence-corrected chi connectivity index (χ0v) is 13.2. The Labute approximate surface area is 131 Å². The summed E-state index contributed by atoms with van der Waals surface area (Å²) in [4.78, 5) is 13.8. The van der Waals surface area contributed by atoms with Crippen LogP contribution in [0.1, 0.15) is 5.56 Å². The van der Waals surface area contributed by atoms with Crippen LogP contribution in [0.15, 0.2) is 53.0 Å². The van der Waals surface area contributed by atoms with E-state index in [4.69, 9.17) is 0 Å². The first kappa shape index (κ1) is 15.7. The predicted octanol–water partition coefficient (Wildman–Crippen LogP) is 3.66. The number of hydrogen-bond donors (Lipinski definition) is 1.